The molecule has 0 saturated heterocycles. The minimum atomic E-state index is 0.641. The summed E-state index contributed by atoms with van der Waals surface area (Å²) >= 11 is 0. The maximum atomic E-state index is 5.40. The van der Waals surface area contributed by atoms with Crippen LogP contribution in [0.2, 0.25) is 0 Å². The van der Waals surface area contributed by atoms with Gasteiger partial charge < -0.3 is 10.3 Å². The van der Waals surface area contributed by atoms with Gasteiger partial charge in [-0.3, -0.25) is 0 Å². The lowest BCUT2D eigenvalue weighted by Gasteiger charge is -1.91. The van der Waals surface area contributed by atoms with Gasteiger partial charge in [-0.15, -0.1) is 0 Å². The molecule has 1 heterocycles. The fourth-order valence-corrected chi connectivity index (χ4v) is 1.31. The van der Waals surface area contributed by atoms with E-state index in [9.17, 15) is 0 Å². The normalized spacial score (nSPS) is 10.5. The van der Waals surface area contributed by atoms with Crippen LogP contribution in [0.5, 0.6) is 0 Å². The molecule has 0 spiro atoms. The van der Waals surface area contributed by atoms with Crippen LogP contribution in [0.25, 0.3) is 11.4 Å². The van der Waals surface area contributed by atoms with Crippen LogP contribution in [0.15, 0.2) is 34.9 Å². The molecule has 78 valence electrons. The molecule has 1 aromatic carbocycles. The van der Waals surface area contributed by atoms with Gasteiger partial charge in [-0.25, -0.2) is 0 Å². The molecular formula is C11H13N3O. The van der Waals surface area contributed by atoms with E-state index in [0.717, 1.165) is 18.4 Å². The van der Waals surface area contributed by atoms with Crippen LogP contribution < -0.4 is 5.73 Å². The van der Waals surface area contributed by atoms with Gasteiger partial charge in [-0.1, -0.05) is 35.5 Å². The topological polar surface area (TPSA) is 64.9 Å². The van der Waals surface area contributed by atoms with Crippen molar-refractivity contribution in [3.63, 3.8) is 0 Å². The van der Waals surface area contributed by atoms with Crippen molar-refractivity contribution >= 4 is 0 Å². The van der Waals surface area contributed by atoms with E-state index in [1.807, 2.05) is 30.3 Å². The Morgan fingerprint density at radius 2 is 2.00 bits per heavy atom. The van der Waals surface area contributed by atoms with E-state index in [2.05, 4.69) is 10.1 Å². The van der Waals surface area contributed by atoms with Crippen LogP contribution in [-0.4, -0.2) is 16.7 Å². The van der Waals surface area contributed by atoms with Gasteiger partial charge in [0, 0.05) is 12.0 Å². The highest BCUT2D eigenvalue weighted by Crippen LogP contribution is 2.14. The van der Waals surface area contributed by atoms with Crippen molar-refractivity contribution in [2.24, 2.45) is 5.73 Å². The molecule has 0 aliphatic rings. The van der Waals surface area contributed by atoms with Crippen LogP contribution in [0.1, 0.15) is 12.3 Å². The number of hydrogen-bond acceptors (Lipinski definition) is 4. The van der Waals surface area contributed by atoms with E-state index in [1.165, 1.54) is 0 Å². The highest BCUT2D eigenvalue weighted by Gasteiger charge is 2.06. The molecule has 2 aromatic rings. The number of benzene rings is 1. The standard InChI is InChI=1S/C11H13N3O/c12-8-4-7-10-13-11(14-15-10)9-5-2-1-3-6-9/h1-3,5-6H,4,7-8,12H2. The number of rotatable bonds is 4. The third-order valence-corrected chi connectivity index (χ3v) is 2.09. The predicted molar refractivity (Wildman–Crippen MR) is 57.1 cm³/mol. The Balaban J connectivity index is 2.14. The first-order chi connectivity index (χ1) is 7.40. The first kappa shape index (κ1) is 9.86. The Morgan fingerprint density at radius 1 is 1.20 bits per heavy atom. The SMILES string of the molecule is NCCCc1nc(-c2ccccc2)no1. The summed E-state index contributed by atoms with van der Waals surface area (Å²) in [7, 11) is 0. The Labute approximate surface area is 88.1 Å². The zero-order chi connectivity index (χ0) is 10.5. The maximum absolute atomic E-state index is 5.40. The number of hydrogen-bond donors (Lipinski definition) is 1. The number of aryl methyl sites for hydroxylation is 1. The molecule has 4 nitrogen and oxygen atoms in total. The zero-order valence-corrected chi connectivity index (χ0v) is 8.39. The molecule has 0 amide bonds. The van der Waals surface area contributed by atoms with Crippen molar-refractivity contribution in [3.8, 4) is 11.4 Å². The maximum Gasteiger partial charge on any atom is 0.227 e. The first-order valence-electron chi connectivity index (χ1n) is 4.98. The second kappa shape index (κ2) is 4.70. The molecule has 0 radical (unpaired) electrons. The highest BCUT2D eigenvalue weighted by molar-refractivity contribution is 5.53. The monoisotopic (exact) mass is 203 g/mol. The van der Waals surface area contributed by atoms with Crippen LogP contribution in [0, 0.1) is 0 Å². The van der Waals surface area contributed by atoms with Crippen LogP contribution in [0.4, 0.5) is 0 Å². The zero-order valence-electron chi connectivity index (χ0n) is 8.39. The summed E-state index contributed by atoms with van der Waals surface area (Å²) in [6.45, 7) is 0.642. The highest BCUT2D eigenvalue weighted by atomic mass is 16.5. The lowest BCUT2D eigenvalue weighted by molar-refractivity contribution is 0.376. The second-order valence-electron chi connectivity index (χ2n) is 3.27. The molecule has 0 aliphatic carbocycles. The molecule has 2 rings (SSSR count). The molecule has 0 atom stereocenters. The molecule has 0 fully saturated rings. The molecule has 15 heavy (non-hydrogen) atoms. The van der Waals surface area contributed by atoms with Gasteiger partial charge in [0.2, 0.25) is 11.7 Å². The predicted octanol–water partition coefficient (Wildman–Crippen LogP) is 1.63. The summed E-state index contributed by atoms with van der Waals surface area (Å²) in [6.07, 6.45) is 1.62. The number of nitrogens with zero attached hydrogens (tertiary/aromatic N) is 2. The molecule has 0 aliphatic heterocycles. The Morgan fingerprint density at radius 3 is 2.73 bits per heavy atom. The molecule has 4 heteroatoms. The number of nitrogens with two attached hydrogens (primary N) is 1. The van der Waals surface area contributed by atoms with Crippen molar-refractivity contribution in [2.45, 2.75) is 12.8 Å². The van der Waals surface area contributed by atoms with Crippen LogP contribution in [0.3, 0.4) is 0 Å². The number of aromatic nitrogens is 2. The van der Waals surface area contributed by atoms with E-state index < -0.39 is 0 Å². The molecule has 2 N–H and O–H groups in total. The second-order valence-corrected chi connectivity index (χ2v) is 3.27. The van der Waals surface area contributed by atoms with Crippen molar-refractivity contribution in [3.05, 3.63) is 36.2 Å². The van der Waals surface area contributed by atoms with Crippen LogP contribution >= 0.6 is 0 Å². The van der Waals surface area contributed by atoms with Crippen molar-refractivity contribution in [2.75, 3.05) is 6.54 Å². The fourth-order valence-electron chi connectivity index (χ4n) is 1.31. The largest absolute Gasteiger partial charge is 0.339 e. The average Bonchev–Trinajstić information content (AvgIpc) is 2.76. The summed E-state index contributed by atoms with van der Waals surface area (Å²) < 4.78 is 5.10. The molecule has 0 saturated carbocycles. The fraction of sp³-hybridized carbons (Fsp3) is 0.273. The quantitative estimate of drug-likeness (QED) is 0.820. The van der Waals surface area contributed by atoms with Crippen molar-refractivity contribution in [1.82, 2.24) is 10.1 Å². The van der Waals surface area contributed by atoms with Gasteiger partial charge in [-0.05, 0) is 13.0 Å². The van der Waals surface area contributed by atoms with E-state index in [1.54, 1.807) is 0 Å². The third kappa shape index (κ3) is 2.41. The summed E-state index contributed by atoms with van der Waals surface area (Å²) in [5, 5.41) is 3.91. The van der Waals surface area contributed by atoms with Gasteiger partial charge in [0.15, 0.2) is 0 Å². The Bertz CT molecular complexity index is 411. The van der Waals surface area contributed by atoms with E-state index in [0.29, 0.717) is 18.3 Å². The Kier molecular flexibility index (Phi) is 3.09. The molecule has 0 bridgehead atoms. The first-order valence-corrected chi connectivity index (χ1v) is 4.98. The third-order valence-electron chi connectivity index (χ3n) is 2.09. The van der Waals surface area contributed by atoms with Crippen molar-refractivity contribution in [1.29, 1.82) is 0 Å². The van der Waals surface area contributed by atoms with E-state index in [-0.39, 0.29) is 0 Å². The molecule has 1 aromatic heterocycles. The lowest BCUT2D eigenvalue weighted by atomic mass is 10.2. The summed E-state index contributed by atoms with van der Waals surface area (Å²) in [6, 6.07) is 9.77. The van der Waals surface area contributed by atoms with Gasteiger partial charge in [0.05, 0.1) is 0 Å². The lowest BCUT2D eigenvalue weighted by Crippen LogP contribution is -2.00. The van der Waals surface area contributed by atoms with E-state index >= 15 is 0 Å². The Hall–Kier alpha value is -1.68. The van der Waals surface area contributed by atoms with Gasteiger partial charge in [0.25, 0.3) is 0 Å². The van der Waals surface area contributed by atoms with Crippen LogP contribution in [-0.2, 0) is 6.42 Å². The summed E-state index contributed by atoms with van der Waals surface area (Å²) in [5.74, 6) is 1.29. The summed E-state index contributed by atoms with van der Waals surface area (Å²) in [4.78, 5) is 4.28. The smallest absolute Gasteiger partial charge is 0.227 e. The van der Waals surface area contributed by atoms with Gasteiger partial charge in [-0.2, -0.15) is 4.98 Å². The minimum absolute atomic E-state index is 0.641. The van der Waals surface area contributed by atoms with Crippen molar-refractivity contribution < 1.29 is 4.52 Å². The summed E-state index contributed by atoms with van der Waals surface area (Å²) in [5.41, 5.74) is 6.38. The van der Waals surface area contributed by atoms with Gasteiger partial charge in [0.1, 0.15) is 0 Å². The average molecular weight is 203 g/mol. The van der Waals surface area contributed by atoms with E-state index in [4.69, 9.17) is 10.3 Å². The molecule has 0 unspecified atom stereocenters. The molecular weight excluding hydrogens is 190 g/mol. The van der Waals surface area contributed by atoms with Gasteiger partial charge >= 0.3 is 0 Å². The minimum Gasteiger partial charge on any atom is -0.339 e.